The average Bonchev–Trinajstić information content (AvgIpc) is 3.14. The number of nitrogens with one attached hydrogen (secondary N) is 1. The molecule has 0 unspecified atom stereocenters. The van der Waals surface area contributed by atoms with Gasteiger partial charge in [-0.25, -0.2) is 14.1 Å². The molecule has 4 rings (SSSR count). The van der Waals surface area contributed by atoms with Crippen LogP contribution in [0.15, 0.2) is 59.8 Å². The smallest absolute Gasteiger partial charge is 0.264 e. The predicted molar refractivity (Wildman–Crippen MR) is 116 cm³/mol. The summed E-state index contributed by atoms with van der Waals surface area (Å²) in [5.74, 6) is -0.660. The SMILES string of the molecule is O=C(NCCn1ncc2c(=O)n(Cc3ccc(F)cc3)cnc21)c1cc(Cl)cc(Cl)c1. The molecule has 0 saturated carbocycles. The molecule has 158 valence electrons. The van der Waals surface area contributed by atoms with Crippen molar-refractivity contribution < 1.29 is 9.18 Å². The second kappa shape index (κ2) is 8.87. The van der Waals surface area contributed by atoms with Crippen LogP contribution in [0, 0.1) is 5.82 Å². The van der Waals surface area contributed by atoms with Gasteiger partial charge < -0.3 is 5.32 Å². The maximum Gasteiger partial charge on any atom is 0.264 e. The molecule has 31 heavy (non-hydrogen) atoms. The van der Waals surface area contributed by atoms with Crippen LogP contribution in [0.3, 0.4) is 0 Å². The van der Waals surface area contributed by atoms with Gasteiger partial charge in [0.15, 0.2) is 5.65 Å². The van der Waals surface area contributed by atoms with E-state index in [-0.39, 0.29) is 30.4 Å². The van der Waals surface area contributed by atoms with Crippen LogP contribution in [-0.2, 0) is 13.1 Å². The molecule has 0 radical (unpaired) electrons. The van der Waals surface area contributed by atoms with E-state index in [1.165, 1.54) is 41.4 Å². The summed E-state index contributed by atoms with van der Waals surface area (Å²) in [6, 6.07) is 10.5. The third kappa shape index (κ3) is 4.76. The molecule has 10 heteroatoms. The molecule has 2 heterocycles. The van der Waals surface area contributed by atoms with Crippen LogP contribution in [-0.4, -0.2) is 31.8 Å². The number of carbonyl (C=O) groups is 1. The largest absolute Gasteiger partial charge is 0.350 e. The number of hydrogen-bond donors (Lipinski definition) is 1. The lowest BCUT2D eigenvalue weighted by Gasteiger charge is -2.08. The van der Waals surface area contributed by atoms with Gasteiger partial charge in [0.05, 0.1) is 19.3 Å². The second-order valence-corrected chi connectivity index (χ2v) is 7.70. The molecule has 7 nitrogen and oxygen atoms in total. The van der Waals surface area contributed by atoms with Gasteiger partial charge >= 0.3 is 0 Å². The molecule has 0 spiro atoms. The molecule has 0 aliphatic heterocycles. The summed E-state index contributed by atoms with van der Waals surface area (Å²) in [5, 5.41) is 8.08. The van der Waals surface area contributed by atoms with Crippen molar-refractivity contribution in [1.82, 2.24) is 24.6 Å². The molecule has 0 bridgehead atoms. The first-order valence-electron chi connectivity index (χ1n) is 9.30. The Morgan fingerprint density at radius 1 is 1.10 bits per heavy atom. The molecular formula is C21H16Cl2FN5O2. The molecule has 0 saturated heterocycles. The predicted octanol–water partition coefficient (Wildman–Crippen LogP) is 3.52. The van der Waals surface area contributed by atoms with Crippen molar-refractivity contribution in [2.24, 2.45) is 0 Å². The van der Waals surface area contributed by atoms with Crippen LogP contribution >= 0.6 is 23.2 Å². The third-order valence-electron chi connectivity index (χ3n) is 4.62. The molecule has 2 aromatic heterocycles. The molecule has 0 fully saturated rings. The summed E-state index contributed by atoms with van der Waals surface area (Å²) in [6.45, 7) is 0.851. The van der Waals surface area contributed by atoms with Crippen molar-refractivity contribution >= 4 is 40.1 Å². The van der Waals surface area contributed by atoms with Crippen molar-refractivity contribution in [1.29, 1.82) is 0 Å². The minimum Gasteiger partial charge on any atom is -0.350 e. The van der Waals surface area contributed by atoms with Crippen LogP contribution in [0.2, 0.25) is 10.0 Å². The van der Waals surface area contributed by atoms with Gasteiger partial charge in [0.2, 0.25) is 0 Å². The van der Waals surface area contributed by atoms with E-state index in [1.807, 2.05) is 0 Å². The number of carbonyl (C=O) groups excluding carboxylic acids is 1. The molecule has 4 aromatic rings. The molecule has 0 atom stereocenters. The zero-order valence-corrected chi connectivity index (χ0v) is 17.6. The van der Waals surface area contributed by atoms with Crippen LogP contribution in [0.4, 0.5) is 4.39 Å². The topological polar surface area (TPSA) is 81.8 Å². The average molecular weight is 460 g/mol. The van der Waals surface area contributed by atoms with E-state index in [0.29, 0.717) is 33.2 Å². The Balaban J connectivity index is 1.45. The third-order valence-corrected chi connectivity index (χ3v) is 5.06. The first-order chi connectivity index (χ1) is 14.9. The Kier molecular flexibility index (Phi) is 6.01. The monoisotopic (exact) mass is 459 g/mol. The van der Waals surface area contributed by atoms with Gasteiger partial charge in [0, 0.05) is 22.2 Å². The highest BCUT2D eigenvalue weighted by Gasteiger charge is 2.12. The standard InChI is InChI=1S/C21H16Cl2FN5O2/c22-15-7-14(8-16(23)9-15)20(30)25-5-6-29-19-18(10-27-29)21(31)28(12-26-19)11-13-1-3-17(24)4-2-13/h1-4,7-10,12H,5-6,11H2,(H,25,30). The van der Waals surface area contributed by atoms with E-state index < -0.39 is 0 Å². The first-order valence-corrected chi connectivity index (χ1v) is 10.1. The lowest BCUT2D eigenvalue weighted by molar-refractivity contribution is 0.0952. The summed E-state index contributed by atoms with van der Waals surface area (Å²) < 4.78 is 16.1. The van der Waals surface area contributed by atoms with Crippen LogP contribution in [0.1, 0.15) is 15.9 Å². The van der Waals surface area contributed by atoms with Crippen molar-refractivity contribution in [3.05, 3.63) is 92.3 Å². The van der Waals surface area contributed by atoms with Crippen molar-refractivity contribution in [3.8, 4) is 0 Å². The van der Waals surface area contributed by atoms with Gasteiger partial charge in [-0.1, -0.05) is 35.3 Å². The summed E-state index contributed by atoms with van der Waals surface area (Å²) in [6.07, 6.45) is 2.88. The van der Waals surface area contributed by atoms with E-state index in [2.05, 4.69) is 15.4 Å². The van der Waals surface area contributed by atoms with E-state index >= 15 is 0 Å². The Morgan fingerprint density at radius 2 is 1.81 bits per heavy atom. The zero-order valence-electron chi connectivity index (χ0n) is 16.1. The minimum absolute atomic E-state index is 0.252. The zero-order chi connectivity index (χ0) is 22.0. The highest BCUT2D eigenvalue weighted by molar-refractivity contribution is 6.35. The summed E-state index contributed by atoms with van der Waals surface area (Å²) in [4.78, 5) is 29.4. The van der Waals surface area contributed by atoms with Crippen molar-refractivity contribution in [2.45, 2.75) is 13.1 Å². The number of benzene rings is 2. The second-order valence-electron chi connectivity index (χ2n) is 6.82. The summed E-state index contributed by atoms with van der Waals surface area (Å²) >= 11 is 11.9. The number of amides is 1. The highest BCUT2D eigenvalue weighted by atomic mass is 35.5. The van der Waals surface area contributed by atoms with Gasteiger partial charge in [-0.3, -0.25) is 14.2 Å². The number of aromatic nitrogens is 4. The van der Waals surface area contributed by atoms with Gasteiger partial charge in [-0.15, -0.1) is 0 Å². The fourth-order valence-corrected chi connectivity index (χ4v) is 3.65. The first kappa shape index (κ1) is 21.0. The number of fused-ring (bicyclic) bond motifs is 1. The van der Waals surface area contributed by atoms with Gasteiger partial charge in [0.1, 0.15) is 17.5 Å². The van der Waals surface area contributed by atoms with E-state index in [0.717, 1.165) is 5.56 Å². The number of rotatable bonds is 6. The Hall–Kier alpha value is -3.23. The summed E-state index contributed by atoms with van der Waals surface area (Å²) in [5.41, 5.74) is 1.30. The van der Waals surface area contributed by atoms with Crippen LogP contribution < -0.4 is 10.9 Å². The fraction of sp³-hybridized carbons (Fsp3) is 0.143. The maximum atomic E-state index is 13.1. The van der Waals surface area contributed by atoms with E-state index in [1.54, 1.807) is 22.9 Å². The Labute approximate surface area is 186 Å². The van der Waals surface area contributed by atoms with Crippen LogP contribution in [0.25, 0.3) is 11.0 Å². The molecule has 1 N–H and O–H groups in total. The molecular weight excluding hydrogens is 444 g/mol. The molecule has 2 aromatic carbocycles. The number of halogens is 3. The fourth-order valence-electron chi connectivity index (χ4n) is 3.12. The Bertz CT molecular complexity index is 1300. The van der Waals surface area contributed by atoms with E-state index in [9.17, 15) is 14.0 Å². The van der Waals surface area contributed by atoms with Crippen LogP contribution in [0.5, 0.6) is 0 Å². The highest BCUT2D eigenvalue weighted by Crippen LogP contribution is 2.19. The van der Waals surface area contributed by atoms with Gasteiger partial charge in [-0.2, -0.15) is 5.10 Å². The Morgan fingerprint density at radius 3 is 2.52 bits per heavy atom. The normalized spacial score (nSPS) is 11.1. The van der Waals surface area contributed by atoms with E-state index in [4.69, 9.17) is 23.2 Å². The molecule has 0 aliphatic rings. The number of hydrogen-bond acceptors (Lipinski definition) is 4. The van der Waals surface area contributed by atoms with Crippen molar-refractivity contribution in [3.63, 3.8) is 0 Å². The lowest BCUT2D eigenvalue weighted by atomic mass is 10.2. The maximum absolute atomic E-state index is 13.1. The molecule has 1 amide bonds. The van der Waals surface area contributed by atoms with Crippen molar-refractivity contribution in [2.75, 3.05) is 6.54 Å². The lowest BCUT2D eigenvalue weighted by Crippen LogP contribution is -2.27. The summed E-state index contributed by atoms with van der Waals surface area (Å²) in [7, 11) is 0. The number of nitrogens with zero attached hydrogens (tertiary/aromatic N) is 4. The van der Waals surface area contributed by atoms with Gasteiger partial charge in [0.25, 0.3) is 11.5 Å². The minimum atomic E-state index is -0.337. The van der Waals surface area contributed by atoms with Gasteiger partial charge in [-0.05, 0) is 35.9 Å². The quantitative estimate of drug-likeness (QED) is 0.478. The molecule has 0 aliphatic carbocycles.